The number of rotatable bonds is 5. The number of furan rings is 1. The number of amides is 1. The first-order valence-electron chi connectivity index (χ1n) is 8.41. The first kappa shape index (κ1) is 18.2. The van der Waals surface area contributed by atoms with Crippen molar-refractivity contribution in [2.75, 3.05) is 4.90 Å². The van der Waals surface area contributed by atoms with Gasteiger partial charge in [0, 0.05) is 18.2 Å². The zero-order valence-electron chi connectivity index (χ0n) is 14.9. The van der Waals surface area contributed by atoms with Crippen molar-refractivity contribution in [3.63, 3.8) is 0 Å². The molecule has 0 radical (unpaired) electrons. The Hall–Kier alpha value is -4.21. The van der Waals surface area contributed by atoms with Crippen LogP contribution in [0.2, 0.25) is 0 Å². The van der Waals surface area contributed by atoms with Gasteiger partial charge in [0.15, 0.2) is 17.3 Å². The molecule has 1 aliphatic rings. The predicted octanol–water partition coefficient (Wildman–Crippen LogP) is 3.27. The van der Waals surface area contributed by atoms with E-state index in [1.807, 2.05) is 0 Å². The fourth-order valence-electron chi connectivity index (χ4n) is 3.20. The van der Waals surface area contributed by atoms with Crippen molar-refractivity contribution in [2.45, 2.75) is 13.0 Å². The second kappa shape index (κ2) is 6.75. The van der Waals surface area contributed by atoms with Crippen molar-refractivity contribution in [2.24, 2.45) is 0 Å². The van der Waals surface area contributed by atoms with Crippen LogP contribution in [0.5, 0.6) is 0 Å². The van der Waals surface area contributed by atoms with Crippen molar-refractivity contribution in [1.29, 1.82) is 0 Å². The molecule has 146 valence electrons. The van der Waals surface area contributed by atoms with Crippen LogP contribution in [-0.2, 0) is 4.79 Å². The molecule has 3 heterocycles. The number of Topliss-reactive ketones (excluding diaryl/α,β-unsaturated/α-hetero) is 1. The van der Waals surface area contributed by atoms with E-state index in [-0.39, 0.29) is 28.4 Å². The lowest BCUT2D eigenvalue weighted by atomic mass is 9.94. The lowest BCUT2D eigenvalue weighted by Crippen LogP contribution is -2.31. The summed E-state index contributed by atoms with van der Waals surface area (Å²) in [5.41, 5.74) is -0.263. The van der Waals surface area contributed by atoms with Gasteiger partial charge >= 0.3 is 0 Å². The number of nitro benzene ring substituents is 1. The Kier molecular flexibility index (Phi) is 4.23. The lowest BCUT2D eigenvalue weighted by molar-refractivity contribution is -0.384. The molecule has 1 amide bonds. The van der Waals surface area contributed by atoms with E-state index >= 15 is 0 Å². The molecule has 10 heteroatoms. The van der Waals surface area contributed by atoms with Crippen molar-refractivity contribution in [3.05, 3.63) is 87.3 Å². The summed E-state index contributed by atoms with van der Waals surface area (Å²) in [6, 6.07) is 8.62. The highest BCUT2D eigenvalue weighted by atomic mass is 16.6. The predicted molar refractivity (Wildman–Crippen MR) is 97.3 cm³/mol. The molecule has 0 saturated heterocycles. The third kappa shape index (κ3) is 2.96. The number of non-ortho nitro benzene ring substituents is 1. The van der Waals surface area contributed by atoms with Crippen LogP contribution >= 0.6 is 0 Å². The number of nitrogens with zero attached hydrogens (tertiary/aromatic N) is 3. The Bertz CT molecular complexity index is 1160. The minimum Gasteiger partial charge on any atom is -0.503 e. The maximum absolute atomic E-state index is 13.0. The van der Waals surface area contributed by atoms with Gasteiger partial charge in [-0.15, -0.1) is 0 Å². The molecule has 1 N–H and O–H groups in total. The van der Waals surface area contributed by atoms with Gasteiger partial charge in [0.2, 0.25) is 5.78 Å². The van der Waals surface area contributed by atoms with Crippen LogP contribution in [0.3, 0.4) is 0 Å². The molecule has 10 nitrogen and oxygen atoms in total. The summed E-state index contributed by atoms with van der Waals surface area (Å²) in [5, 5.41) is 25.5. The molecule has 4 rings (SSSR count). The second-order valence-electron chi connectivity index (χ2n) is 6.29. The summed E-state index contributed by atoms with van der Waals surface area (Å²) in [6.07, 6.45) is 1.28. The van der Waals surface area contributed by atoms with E-state index in [0.717, 1.165) is 4.90 Å². The number of hydrogen-bond donors (Lipinski definition) is 1. The molecule has 0 aliphatic carbocycles. The van der Waals surface area contributed by atoms with Crippen LogP contribution in [0, 0.1) is 17.0 Å². The Balaban J connectivity index is 1.90. The first-order chi connectivity index (χ1) is 13.9. The topological polar surface area (TPSA) is 140 Å². The Morgan fingerprint density at radius 1 is 1.28 bits per heavy atom. The molecule has 1 atom stereocenters. The van der Waals surface area contributed by atoms with Crippen LogP contribution in [0.1, 0.15) is 27.9 Å². The van der Waals surface area contributed by atoms with E-state index in [2.05, 4.69) is 5.16 Å². The van der Waals surface area contributed by atoms with Gasteiger partial charge in [-0.05, 0) is 24.6 Å². The van der Waals surface area contributed by atoms with Crippen LogP contribution in [-0.4, -0.2) is 26.9 Å². The second-order valence-corrected chi connectivity index (χ2v) is 6.29. The zero-order valence-corrected chi connectivity index (χ0v) is 14.9. The van der Waals surface area contributed by atoms with Crippen molar-refractivity contribution in [3.8, 4) is 0 Å². The van der Waals surface area contributed by atoms with Gasteiger partial charge in [-0.3, -0.25) is 24.6 Å². The van der Waals surface area contributed by atoms with E-state index in [4.69, 9.17) is 8.94 Å². The lowest BCUT2D eigenvalue weighted by Gasteiger charge is -2.24. The van der Waals surface area contributed by atoms with Crippen molar-refractivity contribution < 1.29 is 28.6 Å². The molecular formula is C19H13N3O7. The summed E-state index contributed by atoms with van der Waals surface area (Å²) in [4.78, 5) is 37.5. The highest BCUT2D eigenvalue weighted by Crippen LogP contribution is 2.42. The highest BCUT2D eigenvalue weighted by molar-refractivity contribution is 6.19. The number of aromatic nitrogens is 1. The molecule has 3 aromatic rings. The molecule has 1 aliphatic heterocycles. The third-order valence-corrected chi connectivity index (χ3v) is 4.46. The monoisotopic (exact) mass is 395 g/mol. The van der Waals surface area contributed by atoms with E-state index in [1.165, 1.54) is 48.7 Å². The quantitative estimate of drug-likeness (QED) is 0.394. The van der Waals surface area contributed by atoms with E-state index in [9.17, 15) is 24.8 Å². The normalized spacial score (nSPS) is 16.5. The molecule has 1 aromatic carbocycles. The van der Waals surface area contributed by atoms with Crippen molar-refractivity contribution in [1.82, 2.24) is 5.16 Å². The Labute approximate surface area is 162 Å². The standard InChI is InChI=1S/C19H13N3O7/c1-10-8-14(20-29-10)21-16(11-4-2-5-12(9-11)22(26)27)15(18(24)19(21)25)17(23)13-6-3-7-28-13/h2-9,16,24H,1H3. The Morgan fingerprint density at radius 3 is 2.69 bits per heavy atom. The first-order valence-corrected chi connectivity index (χ1v) is 8.41. The summed E-state index contributed by atoms with van der Waals surface area (Å²) in [6.45, 7) is 1.61. The van der Waals surface area contributed by atoms with Gasteiger partial charge in [0.05, 0.1) is 22.8 Å². The maximum Gasteiger partial charge on any atom is 0.295 e. The molecule has 0 spiro atoms. The summed E-state index contributed by atoms with van der Waals surface area (Å²) < 4.78 is 10.1. The molecule has 0 saturated carbocycles. The summed E-state index contributed by atoms with van der Waals surface area (Å²) in [5.74, 6) is -2.03. The summed E-state index contributed by atoms with van der Waals surface area (Å²) in [7, 11) is 0. The molecule has 0 fully saturated rings. The average Bonchev–Trinajstić information content (AvgIpc) is 3.43. The van der Waals surface area contributed by atoms with Crippen molar-refractivity contribution >= 4 is 23.2 Å². The zero-order chi connectivity index (χ0) is 20.7. The maximum atomic E-state index is 13.0. The average molecular weight is 395 g/mol. The largest absolute Gasteiger partial charge is 0.503 e. The minimum absolute atomic E-state index is 0.0535. The molecule has 29 heavy (non-hydrogen) atoms. The van der Waals surface area contributed by atoms with E-state index in [0.29, 0.717) is 5.76 Å². The van der Waals surface area contributed by atoms with Crippen LogP contribution < -0.4 is 4.90 Å². The van der Waals surface area contributed by atoms with E-state index < -0.39 is 28.4 Å². The molecule has 2 aromatic heterocycles. The van der Waals surface area contributed by atoms with E-state index in [1.54, 1.807) is 6.92 Å². The number of nitro groups is 1. The fourth-order valence-corrected chi connectivity index (χ4v) is 3.20. The van der Waals surface area contributed by atoms with Gasteiger partial charge in [-0.1, -0.05) is 17.3 Å². The van der Waals surface area contributed by atoms with Crippen LogP contribution in [0.15, 0.2) is 69.0 Å². The number of benzene rings is 1. The van der Waals surface area contributed by atoms with Gasteiger partial charge in [0.1, 0.15) is 5.76 Å². The number of aliphatic hydroxyl groups is 1. The summed E-state index contributed by atoms with van der Waals surface area (Å²) >= 11 is 0. The number of carbonyl (C=O) groups excluding carboxylic acids is 2. The SMILES string of the molecule is Cc1cc(N2C(=O)C(O)=C(C(=O)c3ccco3)C2c2cccc([N+](=O)[O-])c2)no1. The van der Waals surface area contributed by atoms with Crippen LogP contribution in [0.4, 0.5) is 11.5 Å². The number of aliphatic hydroxyl groups excluding tert-OH is 1. The number of ketones is 1. The van der Waals surface area contributed by atoms with Gasteiger partial charge in [-0.25, -0.2) is 0 Å². The molecule has 0 bridgehead atoms. The number of anilines is 1. The van der Waals surface area contributed by atoms with Gasteiger partial charge in [0.25, 0.3) is 11.6 Å². The van der Waals surface area contributed by atoms with Crippen LogP contribution in [0.25, 0.3) is 0 Å². The minimum atomic E-state index is -1.16. The number of carbonyl (C=O) groups is 2. The number of hydrogen-bond acceptors (Lipinski definition) is 8. The van der Waals surface area contributed by atoms with Gasteiger partial charge < -0.3 is 14.0 Å². The third-order valence-electron chi connectivity index (χ3n) is 4.46. The number of aryl methyl sites for hydroxylation is 1. The fraction of sp³-hybridized carbons (Fsp3) is 0.105. The molecular weight excluding hydrogens is 382 g/mol. The molecule has 1 unspecified atom stereocenters. The Morgan fingerprint density at radius 2 is 2.07 bits per heavy atom. The van der Waals surface area contributed by atoms with Gasteiger partial charge in [-0.2, -0.15) is 0 Å². The highest BCUT2D eigenvalue weighted by Gasteiger charge is 2.46. The smallest absolute Gasteiger partial charge is 0.295 e.